The maximum absolute atomic E-state index is 12.6. The van der Waals surface area contributed by atoms with Crippen molar-refractivity contribution in [2.45, 2.75) is 98.6 Å². The Hall–Kier alpha value is -1.93. The summed E-state index contributed by atoms with van der Waals surface area (Å²) in [6.07, 6.45) is 9.95. The molecular weight excluding hydrogens is 532 g/mol. The van der Waals surface area contributed by atoms with Gasteiger partial charge in [-0.25, -0.2) is 0 Å². The van der Waals surface area contributed by atoms with Gasteiger partial charge in [0.25, 0.3) is 0 Å². The lowest BCUT2D eigenvalue weighted by Gasteiger charge is -2.56. The van der Waals surface area contributed by atoms with Gasteiger partial charge in [0.2, 0.25) is 5.91 Å². The SMILES string of the molecule is C=CC(=O)N1CCN(C2NC(OCC3CCCN3C)NC3C[C@@]4(CCc5c(C)cccc5S4)CCC32)CC1CC#N. The minimum Gasteiger partial charge on any atom is -0.348 e. The van der Waals surface area contributed by atoms with Crippen molar-refractivity contribution in [1.29, 1.82) is 5.26 Å². The van der Waals surface area contributed by atoms with E-state index in [2.05, 4.69) is 77.0 Å². The second kappa shape index (κ2) is 12.4. The minimum absolute atomic E-state index is 0.0765. The predicted octanol–water partition coefficient (Wildman–Crippen LogP) is 3.47. The maximum atomic E-state index is 12.6. The Morgan fingerprint density at radius 1 is 1.24 bits per heavy atom. The highest BCUT2D eigenvalue weighted by Gasteiger charge is 2.50. The molecule has 1 aliphatic carbocycles. The van der Waals surface area contributed by atoms with Crippen molar-refractivity contribution in [3.63, 3.8) is 0 Å². The summed E-state index contributed by atoms with van der Waals surface area (Å²) < 4.78 is 6.83. The van der Waals surface area contributed by atoms with Crippen LogP contribution in [-0.4, -0.2) is 95.8 Å². The fourth-order valence-corrected chi connectivity index (χ4v) is 9.79. The number of hydrogen-bond donors (Lipinski definition) is 2. The molecule has 1 aromatic rings. The Morgan fingerprint density at radius 2 is 2.12 bits per heavy atom. The van der Waals surface area contributed by atoms with Crippen molar-refractivity contribution in [3.8, 4) is 6.07 Å². The number of fused-ring (bicyclic) bond motifs is 2. The molecule has 6 rings (SSSR count). The van der Waals surface area contributed by atoms with E-state index >= 15 is 0 Å². The number of piperazine rings is 1. The highest BCUT2D eigenvalue weighted by Crippen LogP contribution is 2.53. The summed E-state index contributed by atoms with van der Waals surface area (Å²) >= 11 is 2.12. The lowest BCUT2D eigenvalue weighted by molar-refractivity contribution is -0.135. The van der Waals surface area contributed by atoms with Gasteiger partial charge in [0, 0.05) is 47.3 Å². The van der Waals surface area contributed by atoms with Crippen LogP contribution in [-0.2, 0) is 16.0 Å². The molecule has 1 spiro atoms. The Balaban J connectivity index is 1.21. The van der Waals surface area contributed by atoms with Crippen molar-refractivity contribution in [2.75, 3.05) is 39.8 Å². The van der Waals surface area contributed by atoms with Gasteiger partial charge in [-0.15, -0.1) is 11.8 Å². The van der Waals surface area contributed by atoms with E-state index in [9.17, 15) is 10.1 Å². The van der Waals surface area contributed by atoms with Crippen LogP contribution in [0.1, 0.15) is 56.1 Å². The van der Waals surface area contributed by atoms with Gasteiger partial charge in [0.15, 0.2) is 6.35 Å². The summed E-state index contributed by atoms with van der Waals surface area (Å²) in [7, 11) is 2.20. The van der Waals surface area contributed by atoms with E-state index in [0.29, 0.717) is 37.5 Å². The van der Waals surface area contributed by atoms with Crippen LogP contribution in [0.2, 0.25) is 0 Å². The predicted molar refractivity (Wildman–Crippen MR) is 162 cm³/mol. The summed E-state index contributed by atoms with van der Waals surface area (Å²) in [5.41, 5.74) is 2.96. The van der Waals surface area contributed by atoms with E-state index in [-0.39, 0.29) is 29.2 Å². The van der Waals surface area contributed by atoms with E-state index < -0.39 is 0 Å². The number of carbonyl (C=O) groups is 1. The van der Waals surface area contributed by atoms with E-state index in [1.54, 1.807) is 5.56 Å². The maximum Gasteiger partial charge on any atom is 0.246 e. The molecule has 1 amide bonds. The zero-order valence-electron chi connectivity index (χ0n) is 24.7. The van der Waals surface area contributed by atoms with Gasteiger partial charge < -0.3 is 14.5 Å². The number of nitrogens with one attached hydrogen (secondary N) is 2. The number of rotatable bonds is 6. The third-order valence-electron chi connectivity index (χ3n) is 10.5. The summed E-state index contributed by atoms with van der Waals surface area (Å²) in [5, 5.41) is 17.3. The average Bonchev–Trinajstić information content (AvgIpc) is 3.39. The third-order valence-corrected chi connectivity index (χ3v) is 12.1. The molecule has 3 saturated heterocycles. The van der Waals surface area contributed by atoms with E-state index in [1.165, 1.54) is 42.2 Å². The van der Waals surface area contributed by atoms with Gasteiger partial charge in [0.05, 0.1) is 31.3 Å². The lowest BCUT2D eigenvalue weighted by atomic mass is 9.72. The molecule has 4 aliphatic heterocycles. The van der Waals surface area contributed by atoms with E-state index in [4.69, 9.17) is 4.74 Å². The molecule has 0 radical (unpaired) electrons. The molecule has 1 aromatic carbocycles. The first-order valence-corrected chi connectivity index (χ1v) is 16.4. The molecule has 4 heterocycles. The number of amides is 1. The summed E-state index contributed by atoms with van der Waals surface area (Å²) in [4.78, 5) is 20.8. The monoisotopic (exact) mass is 578 g/mol. The topological polar surface area (TPSA) is 83.9 Å². The number of likely N-dealkylation sites (N-methyl/N-ethyl adjacent to an activating group) is 1. The van der Waals surface area contributed by atoms with Crippen molar-refractivity contribution in [1.82, 2.24) is 25.3 Å². The number of carbonyl (C=O) groups excluding carboxylic acids is 1. The number of likely N-dealkylation sites (tertiary alicyclic amines) is 1. The number of nitriles is 1. The highest BCUT2D eigenvalue weighted by atomic mass is 32.2. The Morgan fingerprint density at radius 3 is 2.90 bits per heavy atom. The van der Waals surface area contributed by atoms with Gasteiger partial charge >= 0.3 is 0 Å². The number of nitrogens with zero attached hydrogens (tertiary/aromatic N) is 4. The Bertz CT molecular complexity index is 1170. The van der Waals surface area contributed by atoms with Crippen molar-refractivity contribution in [2.24, 2.45) is 5.92 Å². The fraction of sp³-hybridized carbons (Fsp3) is 0.688. The van der Waals surface area contributed by atoms with Crippen LogP contribution in [0.3, 0.4) is 0 Å². The lowest BCUT2D eigenvalue weighted by Crippen LogP contribution is -2.72. The van der Waals surface area contributed by atoms with Crippen molar-refractivity contribution < 1.29 is 9.53 Å². The van der Waals surface area contributed by atoms with Gasteiger partial charge in [-0.2, -0.15) is 5.26 Å². The Labute approximate surface area is 249 Å². The van der Waals surface area contributed by atoms with Crippen LogP contribution < -0.4 is 10.6 Å². The number of thioether (sulfide) groups is 1. The summed E-state index contributed by atoms with van der Waals surface area (Å²) in [6, 6.07) is 9.80. The molecule has 4 fully saturated rings. The second-order valence-corrected chi connectivity index (χ2v) is 14.4. The number of hydrogen-bond acceptors (Lipinski definition) is 8. The van der Waals surface area contributed by atoms with Gasteiger partial charge in [-0.05, 0) is 88.7 Å². The van der Waals surface area contributed by atoms with Crippen LogP contribution >= 0.6 is 11.8 Å². The van der Waals surface area contributed by atoms with Crippen LogP contribution in [0.4, 0.5) is 0 Å². The number of aryl methyl sites for hydroxylation is 1. The average molecular weight is 579 g/mol. The molecule has 0 bridgehead atoms. The summed E-state index contributed by atoms with van der Waals surface area (Å²) in [6.45, 7) is 9.90. The van der Waals surface area contributed by atoms with Gasteiger partial charge in [0.1, 0.15) is 0 Å². The zero-order chi connectivity index (χ0) is 28.6. The van der Waals surface area contributed by atoms with E-state index in [1.807, 2.05) is 4.90 Å². The molecule has 41 heavy (non-hydrogen) atoms. The molecular formula is C32H46N6O2S. The standard InChI is InChI=1S/C32H46N6O2S/c1-4-29(39)38-18-17-37(20-23(38)12-15-33)30-26-11-14-32(13-10-25-22(2)7-5-9-28(25)41-32)19-27(26)34-31(35-30)40-21-24-8-6-16-36(24)3/h4-5,7,9,23-24,26-27,30-31,34-35H,1,6,8,10-14,16-21H2,2-3H3/t23?,24?,26?,27?,30?,31?,32-/m1/s1. The first-order valence-electron chi connectivity index (χ1n) is 15.6. The zero-order valence-corrected chi connectivity index (χ0v) is 25.5. The molecule has 222 valence electrons. The van der Waals surface area contributed by atoms with Crippen LogP contribution in [0, 0.1) is 24.2 Å². The molecule has 1 saturated carbocycles. The quantitative estimate of drug-likeness (QED) is 0.497. The number of ether oxygens (including phenoxy) is 1. The van der Waals surface area contributed by atoms with Crippen LogP contribution in [0.25, 0.3) is 0 Å². The largest absolute Gasteiger partial charge is 0.348 e. The number of benzene rings is 1. The smallest absolute Gasteiger partial charge is 0.246 e. The fourth-order valence-electron chi connectivity index (χ4n) is 8.10. The molecule has 6 unspecified atom stereocenters. The molecule has 2 N–H and O–H groups in total. The molecule has 9 heteroatoms. The van der Waals surface area contributed by atoms with Crippen LogP contribution in [0.5, 0.6) is 0 Å². The van der Waals surface area contributed by atoms with Crippen molar-refractivity contribution in [3.05, 3.63) is 42.0 Å². The third kappa shape index (κ3) is 5.97. The van der Waals surface area contributed by atoms with E-state index in [0.717, 1.165) is 39.0 Å². The minimum atomic E-state index is -0.212. The molecule has 0 aromatic heterocycles. The first-order chi connectivity index (χ1) is 19.9. The normalized spacial score (nSPS) is 36.0. The Kier molecular flexibility index (Phi) is 8.79. The first kappa shape index (κ1) is 29.2. The van der Waals surface area contributed by atoms with Crippen molar-refractivity contribution >= 4 is 17.7 Å². The highest BCUT2D eigenvalue weighted by molar-refractivity contribution is 8.00. The van der Waals surface area contributed by atoms with Gasteiger partial charge in [-0.3, -0.25) is 20.3 Å². The van der Waals surface area contributed by atoms with Gasteiger partial charge in [-0.1, -0.05) is 18.7 Å². The van der Waals surface area contributed by atoms with Crippen LogP contribution in [0.15, 0.2) is 35.7 Å². The molecule has 7 atom stereocenters. The second-order valence-electron chi connectivity index (χ2n) is 12.9. The molecule has 5 aliphatic rings. The molecule has 8 nitrogen and oxygen atoms in total. The summed E-state index contributed by atoms with van der Waals surface area (Å²) in [5.74, 6) is 0.367.